The first-order valence-electron chi connectivity index (χ1n) is 8.47. The Labute approximate surface area is 169 Å². The van der Waals surface area contributed by atoms with E-state index in [4.69, 9.17) is 11.6 Å². The van der Waals surface area contributed by atoms with Gasteiger partial charge in [-0.3, -0.25) is 9.59 Å². The Morgan fingerprint density at radius 3 is 2.41 bits per heavy atom. The molecule has 1 heterocycles. The number of benzene rings is 2. The third kappa shape index (κ3) is 4.40. The van der Waals surface area contributed by atoms with Crippen LogP contribution in [-0.4, -0.2) is 33.6 Å². The van der Waals surface area contributed by atoms with Gasteiger partial charge in [0, 0.05) is 12.1 Å². The highest BCUT2D eigenvalue weighted by atomic mass is 35.5. The average Bonchev–Trinajstić information content (AvgIpc) is 3.10. The summed E-state index contributed by atoms with van der Waals surface area (Å²) in [6.07, 6.45) is 0. The minimum Gasteiger partial charge on any atom is -0.357 e. The van der Waals surface area contributed by atoms with E-state index in [0.717, 1.165) is 12.1 Å². The van der Waals surface area contributed by atoms with Gasteiger partial charge in [0.05, 0.1) is 5.69 Å². The number of nitrogens with zero attached hydrogens (tertiary/aromatic N) is 3. The number of halogens is 3. The molecule has 10 heteroatoms. The van der Waals surface area contributed by atoms with Crippen molar-refractivity contribution in [2.75, 3.05) is 7.05 Å². The molecule has 29 heavy (non-hydrogen) atoms. The number of likely N-dealkylation sites (N-methyl/N-ethyl adjacent to an activating group) is 1. The predicted octanol–water partition coefficient (Wildman–Crippen LogP) is 2.72. The van der Waals surface area contributed by atoms with E-state index in [2.05, 4.69) is 20.7 Å². The van der Waals surface area contributed by atoms with Crippen molar-refractivity contribution in [3.8, 4) is 5.69 Å². The molecule has 3 aromatic rings. The summed E-state index contributed by atoms with van der Waals surface area (Å²) in [6, 6.07) is 8.44. The molecule has 2 N–H and O–H groups in total. The van der Waals surface area contributed by atoms with Gasteiger partial charge in [-0.05, 0) is 48.9 Å². The van der Waals surface area contributed by atoms with Crippen molar-refractivity contribution in [1.82, 2.24) is 25.4 Å². The third-order valence-electron chi connectivity index (χ3n) is 4.10. The molecule has 1 aromatic heterocycles. The molecule has 150 valence electrons. The third-order valence-corrected chi connectivity index (χ3v) is 4.36. The quantitative estimate of drug-likeness (QED) is 0.665. The second-order valence-electron chi connectivity index (χ2n) is 6.07. The van der Waals surface area contributed by atoms with E-state index in [9.17, 15) is 18.4 Å². The van der Waals surface area contributed by atoms with Gasteiger partial charge in [0.15, 0.2) is 11.6 Å². The predicted molar refractivity (Wildman–Crippen MR) is 102 cm³/mol. The van der Waals surface area contributed by atoms with Crippen LogP contribution < -0.4 is 10.6 Å². The van der Waals surface area contributed by atoms with Crippen molar-refractivity contribution in [3.63, 3.8) is 0 Å². The van der Waals surface area contributed by atoms with E-state index in [-0.39, 0.29) is 11.4 Å². The molecule has 0 radical (unpaired) electrons. The lowest BCUT2D eigenvalue weighted by molar-refractivity contribution is -0.122. The molecule has 3 rings (SSSR count). The Balaban J connectivity index is 1.88. The highest BCUT2D eigenvalue weighted by molar-refractivity contribution is 6.30. The number of rotatable bonds is 5. The first-order valence-corrected chi connectivity index (χ1v) is 8.85. The summed E-state index contributed by atoms with van der Waals surface area (Å²) in [7, 11) is 1.36. The second kappa shape index (κ2) is 8.36. The molecule has 0 aliphatic carbocycles. The Kier molecular flexibility index (Phi) is 5.88. The Hall–Kier alpha value is -3.33. The van der Waals surface area contributed by atoms with Crippen LogP contribution >= 0.6 is 11.6 Å². The Morgan fingerprint density at radius 2 is 1.79 bits per heavy atom. The van der Waals surface area contributed by atoms with Crippen LogP contribution in [0.3, 0.4) is 0 Å². The van der Waals surface area contributed by atoms with E-state index in [0.29, 0.717) is 16.5 Å². The summed E-state index contributed by atoms with van der Waals surface area (Å²) in [5.74, 6) is -3.31. The Bertz CT molecular complexity index is 1070. The number of nitrogens with one attached hydrogen (secondary N) is 2. The first kappa shape index (κ1) is 20.4. The van der Waals surface area contributed by atoms with E-state index >= 15 is 0 Å². The van der Waals surface area contributed by atoms with Gasteiger partial charge in [0.25, 0.3) is 5.91 Å². The maximum absolute atomic E-state index is 13.6. The van der Waals surface area contributed by atoms with E-state index in [1.807, 2.05) is 0 Å². The monoisotopic (exact) mass is 419 g/mol. The van der Waals surface area contributed by atoms with Gasteiger partial charge in [0.1, 0.15) is 11.9 Å². The van der Waals surface area contributed by atoms with Gasteiger partial charge in [-0.15, -0.1) is 5.10 Å². The molecule has 1 atom stereocenters. The van der Waals surface area contributed by atoms with Crippen LogP contribution in [0, 0.1) is 18.6 Å². The molecule has 0 saturated carbocycles. The molecule has 0 saturated heterocycles. The molecule has 0 aliphatic heterocycles. The smallest absolute Gasteiger partial charge is 0.291 e. The number of hydrogen-bond acceptors (Lipinski definition) is 4. The van der Waals surface area contributed by atoms with E-state index in [1.165, 1.54) is 17.8 Å². The number of amides is 2. The minimum atomic E-state index is -1.26. The van der Waals surface area contributed by atoms with Gasteiger partial charge in [-0.25, -0.2) is 18.4 Å². The van der Waals surface area contributed by atoms with Gasteiger partial charge < -0.3 is 10.6 Å². The lowest BCUT2D eigenvalue weighted by Gasteiger charge is -2.17. The Morgan fingerprint density at radius 1 is 1.10 bits per heavy atom. The molecule has 1 unspecified atom stereocenters. The van der Waals surface area contributed by atoms with Crippen LogP contribution in [0.2, 0.25) is 5.02 Å². The number of aryl methyl sites for hydroxylation is 1. The highest BCUT2D eigenvalue weighted by Crippen LogP contribution is 2.18. The maximum atomic E-state index is 13.6. The van der Waals surface area contributed by atoms with Gasteiger partial charge in [0.2, 0.25) is 11.7 Å². The van der Waals surface area contributed by atoms with E-state index < -0.39 is 29.5 Å². The molecular formula is C19H16ClF2N5O2. The summed E-state index contributed by atoms with van der Waals surface area (Å²) in [6.45, 7) is 1.66. The fourth-order valence-corrected chi connectivity index (χ4v) is 2.77. The molecule has 2 amide bonds. The van der Waals surface area contributed by atoms with Crippen molar-refractivity contribution < 1.29 is 18.4 Å². The fourth-order valence-electron chi connectivity index (χ4n) is 2.65. The van der Waals surface area contributed by atoms with Crippen molar-refractivity contribution in [1.29, 1.82) is 0 Å². The van der Waals surface area contributed by atoms with Crippen LogP contribution in [0.5, 0.6) is 0 Å². The number of hydrogen-bond donors (Lipinski definition) is 2. The minimum absolute atomic E-state index is 0.0745. The molecule has 0 bridgehead atoms. The summed E-state index contributed by atoms with van der Waals surface area (Å²) in [5.41, 5.74) is 0.715. The van der Waals surface area contributed by atoms with Crippen molar-refractivity contribution in [2.24, 2.45) is 0 Å². The lowest BCUT2D eigenvalue weighted by atomic mass is 10.1. The zero-order chi connectivity index (χ0) is 21.1. The largest absolute Gasteiger partial charge is 0.357 e. The average molecular weight is 420 g/mol. The molecule has 0 fully saturated rings. The van der Waals surface area contributed by atoms with E-state index in [1.54, 1.807) is 31.2 Å². The van der Waals surface area contributed by atoms with Gasteiger partial charge in [-0.1, -0.05) is 17.7 Å². The van der Waals surface area contributed by atoms with Crippen molar-refractivity contribution in [3.05, 3.63) is 76.3 Å². The zero-order valence-corrected chi connectivity index (χ0v) is 16.2. The number of carbonyl (C=O) groups is 2. The zero-order valence-electron chi connectivity index (χ0n) is 15.4. The number of aromatic nitrogens is 3. The summed E-state index contributed by atoms with van der Waals surface area (Å²) in [4.78, 5) is 28.9. The SMILES string of the molecule is CNC(=O)C(NC(=O)c1nc(C)n(-c2ccc(Cl)cc2)n1)c1ccc(F)c(F)c1. The molecule has 2 aromatic carbocycles. The van der Waals surface area contributed by atoms with Crippen molar-refractivity contribution >= 4 is 23.4 Å². The van der Waals surface area contributed by atoms with Crippen molar-refractivity contribution in [2.45, 2.75) is 13.0 Å². The maximum Gasteiger partial charge on any atom is 0.291 e. The van der Waals surface area contributed by atoms with Crippen LogP contribution in [-0.2, 0) is 4.79 Å². The standard InChI is InChI=1S/C19H16ClF2N5O2/c1-10-24-17(26-27(10)13-6-4-12(20)5-7-13)19(29)25-16(18(28)23-2)11-3-8-14(21)15(22)9-11/h3-9,16H,1-2H3,(H,23,28)(H,25,29). The van der Waals surface area contributed by atoms with Crippen LogP contribution in [0.25, 0.3) is 5.69 Å². The normalized spacial score (nSPS) is 11.8. The summed E-state index contributed by atoms with van der Waals surface area (Å²) >= 11 is 5.88. The highest BCUT2D eigenvalue weighted by Gasteiger charge is 2.26. The second-order valence-corrected chi connectivity index (χ2v) is 6.50. The molecule has 7 nitrogen and oxygen atoms in total. The van der Waals surface area contributed by atoms with Crippen LogP contribution in [0.15, 0.2) is 42.5 Å². The van der Waals surface area contributed by atoms with Gasteiger partial charge in [-0.2, -0.15) is 0 Å². The lowest BCUT2D eigenvalue weighted by Crippen LogP contribution is -2.39. The van der Waals surface area contributed by atoms with Gasteiger partial charge >= 0.3 is 0 Å². The summed E-state index contributed by atoms with van der Waals surface area (Å²) in [5, 5.41) is 9.53. The van der Waals surface area contributed by atoms with Crippen LogP contribution in [0.1, 0.15) is 28.0 Å². The topological polar surface area (TPSA) is 88.9 Å². The molecular weight excluding hydrogens is 404 g/mol. The summed E-state index contributed by atoms with van der Waals surface area (Å²) < 4.78 is 28.2. The van der Waals surface area contributed by atoms with Crippen LogP contribution in [0.4, 0.5) is 8.78 Å². The first-order chi connectivity index (χ1) is 13.8. The fraction of sp³-hybridized carbons (Fsp3) is 0.158. The molecule has 0 aliphatic rings. The number of carbonyl (C=O) groups excluding carboxylic acids is 2. The molecule has 0 spiro atoms.